The van der Waals surface area contributed by atoms with Gasteiger partial charge in [-0.2, -0.15) is 0 Å². The van der Waals surface area contributed by atoms with Crippen LogP contribution in [0.2, 0.25) is 0 Å². The zero-order valence-corrected chi connectivity index (χ0v) is 16.1. The van der Waals surface area contributed by atoms with Gasteiger partial charge in [0.05, 0.1) is 16.8 Å². The lowest BCUT2D eigenvalue weighted by Gasteiger charge is -2.13. The van der Waals surface area contributed by atoms with E-state index in [0.29, 0.717) is 41.4 Å². The Balaban J connectivity index is 1.40. The summed E-state index contributed by atoms with van der Waals surface area (Å²) < 4.78 is 14.3. The third-order valence-corrected chi connectivity index (χ3v) is 4.86. The number of hydrogen-bond acceptors (Lipinski definition) is 3. The van der Waals surface area contributed by atoms with E-state index in [0.717, 1.165) is 0 Å². The molecule has 27 heavy (non-hydrogen) atoms. The molecule has 0 spiro atoms. The summed E-state index contributed by atoms with van der Waals surface area (Å²) in [5.41, 5.74) is 1.03. The summed E-state index contributed by atoms with van der Waals surface area (Å²) in [6.45, 7) is 0.329. The Morgan fingerprint density at radius 3 is 2.30 bits per heavy atom. The topological polar surface area (TPSA) is 66.5 Å². The van der Waals surface area contributed by atoms with Gasteiger partial charge >= 0.3 is 0 Å². The number of benzene rings is 2. The van der Waals surface area contributed by atoms with Gasteiger partial charge in [0.25, 0.3) is 11.8 Å². The first-order valence-electron chi connectivity index (χ1n) is 8.67. The Morgan fingerprint density at radius 1 is 1.00 bits per heavy atom. The summed E-state index contributed by atoms with van der Waals surface area (Å²) in [5.74, 6) is -1.29. The van der Waals surface area contributed by atoms with Crippen molar-refractivity contribution in [3.63, 3.8) is 0 Å². The Kier molecular flexibility index (Phi) is 6.01. The van der Waals surface area contributed by atoms with Crippen LogP contribution in [0.25, 0.3) is 0 Å². The number of rotatable bonds is 7. The smallest absolute Gasteiger partial charge is 0.261 e. The second kappa shape index (κ2) is 8.43. The summed E-state index contributed by atoms with van der Waals surface area (Å²) in [6, 6.07) is 11.2. The van der Waals surface area contributed by atoms with E-state index in [4.69, 9.17) is 0 Å². The van der Waals surface area contributed by atoms with Gasteiger partial charge in [0.1, 0.15) is 5.82 Å². The summed E-state index contributed by atoms with van der Waals surface area (Å²) in [7, 11) is 0. The van der Waals surface area contributed by atoms with E-state index < -0.39 is 5.82 Å². The second-order valence-electron chi connectivity index (χ2n) is 6.29. The maximum absolute atomic E-state index is 13.7. The molecule has 1 heterocycles. The number of anilines is 1. The number of hydrogen-bond donors (Lipinski definition) is 1. The lowest BCUT2D eigenvalue weighted by Crippen LogP contribution is -2.30. The molecule has 3 rings (SSSR count). The molecule has 2 aromatic carbocycles. The number of imide groups is 1. The molecule has 2 aromatic rings. The largest absolute Gasteiger partial charge is 0.324 e. The number of amides is 3. The number of nitrogens with zero attached hydrogens (tertiary/aromatic N) is 1. The zero-order valence-electron chi connectivity index (χ0n) is 14.5. The minimum Gasteiger partial charge on any atom is -0.324 e. The van der Waals surface area contributed by atoms with E-state index in [1.807, 2.05) is 0 Å². The van der Waals surface area contributed by atoms with Crippen LogP contribution >= 0.6 is 15.9 Å². The van der Waals surface area contributed by atoms with Gasteiger partial charge in [0, 0.05) is 17.4 Å². The number of nitrogens with one attached hydrogen (secondary N) is 1. The van der Waals surface area contributed by atoms with Crippen LogP contribution in [0.3, 0.4) is 0 Å². The van der Waals surface area contributed by atoms with Gasteiger partial charge < -0.3 is 5.32 Å². The van der Waals surface area contributed by atoms with Crippen LogP contribution in [0.4, 0.5) is 10.1 Å². The Bertz CT molecular complexity index is 866. The van der Waals surface area contributed by atoms with E-state index >= 15 is 0 Å². The fourth-order valence-corrected chi connectivity index (χ4v) is 3.31. The predicted octanol–water partition coefficient (Wildman–Crippen LogP) is 4.38. The average Bonchev–Trinajstić information content (AvgIpc) is 2.89. The molecule has 0 atom stereocenters. The first kappa shape index (κ1) is 19.2. The molecule has 1 aliphatic heterocycles. The molecule has 7 heteroatoms. The van der Waals surface area contributed by atoms with Crippen molar-refractivity contribution in [3.05, 3.63) is 63.9 Å². The molecule has 0 bridgehead atoms. The lowest BCUT2D eigenvalue weighted by molar-refractivity contribution is -0.116. The molecule has 0 fully saturated rings. The van der Waals surface area contributed by atoms with Gasteiger partial charge in [-0.05, 0) is 43.2 Å². The highest BCUT2D eigenvalue weighted by Crippen LogP contribution is 2.23. The van der Waals surface area contributed by atoms with Gasteiger partial charge in [-0.25, -0.2) is 4.39 Å². The summed E-state index contributed by atoms with van der Waals surface area (Å²) >= 11 is 3.16. The van der Waals surface area contributed by atoms with E-state index in [9.17, 15) is 18.8 Å². The van der Waals surface area contributed by atoms with Gasteiger partial charge in [-0.15, -0.1) is 0 Å². The van der Waals surface area contributed by atoms with Crippen molar-refractivity contribution in [3.8, 4) is 0 Å². The average molecular weight is 433 g/mol. The Labute approximate surface area is 164 Å². The Morgan fingerprint density at radius 2 is 1.67 bits per heavy atom. The second-order valence-corrected chi connectivity index (χ2v) is 7.21. The molecular formula is C20H18BrFN2O3. The number of unbranched alkanes of at least 4 members (excludes halogenated alkanes) is 2. The van der Waals surface area contributed by atoms with Crippen LogP contribution in [0.1, 0.15) is 46.4 Å². The monoisotopic (exact) mass is 432 g/mol. The van der Waals surface area contributed by atoms with Crippen molar-refractivity contribution in [2.45, 2.75) is 25.7 Å². The SMILES string of the molecule is O=C(CCCCCN1C(=O)c2ccccc2C1=O)Nc1ccc(Br)cc1F. The van der Waals surface area contributed by atoms with Crippen LogP contribution in [-0.2, 0) is 4.79 Å². The van der Waals surface area contributed by atoms with Crippen molar-refractivity contribution in [1.82, 2.24) is 4.90 Å². The van der Waals surface area contributed by atoms with Crippen LogP contribution in [0, 0.1) is 5.82 Å². The maximum atomic E-state index is 13.7. The standard InChI is InChI=1S/C20H18BrFN2O3/c21-13-9-10-17(16(22)12-13)23-18(25)8-2-1-5-11-24-19(26)14-6-3-4-7-15(14)20(24)27/h3-4,6-7,9-10,12H,1-2,5,8,11H2,(H,23,25). The molecule has 0 unspecified atom stereocenters. The lowest BCUT2D eigenvalue weighted by atomic mass is 10.1. The van der Waals surface area contributed by atoms with Crippen molar-refractivity contribution < 1.29 is 18.8 Å². The Hall–Kier alpha value is -2.54. The molecule has 0 aliphatic carbocycles. The van der Waals surface area contributed by atoms with Gasteiger partial charge in [0.2, 0.25) is 5.91 Å². The molecule has 1 N–H and O–H groups in total. The molecule has 5 nitrogen and oxygen atoms in total. The highest BCUT2D eigenvalue weighted by Gasteiger charge is 2.34. The normalized spacial score (nSPS) is 13.0. The molecule has 0 saturated heterocycles. The zero-order chi connectivity index (χ0) is 19.4. The first-order valence-corrected chi connectivity index (χ1v) is 9.47. The molecule has 0 radical (unpaired) electrons. The molecule has 3 amide bonds. The number of fused-ring (bicyclic) bond motifs is 1. The van der Waals surface area contributed by atoms with E-state index in [1.54, 1.807) is 30.3 Å². The van der Waals surface area contributed by atoms with Crippen molar-refractivity contribution in [1.29, 1.82) is 0 Å². The van der Waals surface area contributed by atoms with Crippen LogP contribution in [0.5, 0.6) is 0 Å². The molecule has 0 saturated carbocycles. The van der Waals surface area contributed by atoms with Crippen molar-refractivity contribution >= 4 is 39.3 Å². The quantitative estimate of drug-likeness (QED) is 0.521. The fraction of sp³-hybridized carbons (Fsp3) is 0.250. The minimum atomic E-state index is -0.497. The van der Waals surface area contributed by atoms with E-state index in [-0.39, 0.29) is 29.8 Å². The third kappa shape index (κ3) is 4.42. The molecule has 1 aliphatic rings. The fourth-order valence-electron chi connectivity index (χ4n) is 2.98. The molecule has 0 aromatic heterocycles. The number of carbonyl (C=O) groups excluding carboxylic acids is 3. The number of carbonyl (C=O) groups is 3. The summed E-state index contributed by atoms with van der Waals surface area (Å²) in [6.07, 6.45) is 2.14. The molecule has 140 valence electrons. The van der Waals surface area contributed by atoms with E-state index in [1.165, 1.54) is 17.0 Å². The maximum Gasteiger partial charge on any atom is 0.261 e. The van der Waals surface area contributed by atoms with Crippen molar-refractivity contribution in [2.75, 3.05) is 11.9 Å². The van der Waals surface area contributed by atoms with E-state index in [2.05, 4.69) is 21.2 Å². The third-order valence-electron chi connectivity index (χ3n) is 4.37. The van der Waals surface area contributed by atoms with Gasteiger partial charge in [-0.1, -0.05) is 34.5 Å². The van der Waals surface area contributed by atoms with Crippen molar-refractivity contribution in [2.24, 2.45) is 0 Å². The number of halogens is 2. The van der Waals surface area contributed by atoms with Crippen LogP contribution in [-0.4, -0.2) is 29.2 Å². The molecular weight excluding hydrogens is 415 g/mol. The van der Waals surface area contributed by atoms with Gasteiger partial charge in [0.15, 0.2) is 0 Å². The minimum absolute atomic E-state index is 0.147. The van der Waals surface area contributed by atoms with Crippen LogP contribution in [0.15, 0.2) is 46.9 Å². The highest BCUT2D eigenvalue weighted by atomic mass is 79.9. The predicted molar refractivity (Wildman–Crippen MR) is 103 cm³/mol. The summed E-state index contributed by atoms with van der Waals surface area (Å²) in [4.78, 5) is 37.6. The highest BCUT2D eigenvalue weighted by molar-refractivity contribution is 9.10. The van der Waals surface area contributed by atoms with Crippen LogP contribution < -0.4 is 5.32 Å². The summed E-state index contributed by atoms with van der Waals surface area (Å²) in [5, 5.41) is 2.54. The first-order chi connectivity index (χ1) is 13.0. The van der Waals surface area contributed by atoms with Gasteiger partial charge in [-0.3, -0.25) is 19.3 Å².